The third-order valence-corrected chi connectivity index (χ3v) is 3.91. The van der Waals surface area contributed by atoms with E-state index < -0.39 is 0 Å². The number of methoxy groups -OCH3 is 2. The number of hydrogen-bond acceptors (Lipinski definition) is 5. The largest absolute Gasteiger partial charge is 0.495 e. The fraction of sp³-hybridized carbons (Fsp3) is 0.263. The number of anilines is 1. The molecular weight excluding hydrogens is 332 g/mol. The summed E-state index contributed by atoms with van der Waals surface area (Å²) in [5, 5.41) is 5.90. The Balaban J connectivity index is 1.94. The van der Waals surface area contributed by atoms with Crippen LogP contribution in [0.25, 0.3) is 16.7 Å². The second-order valence-electron chi connectivity index (χ2n) is 5.65. The molecule has 1 amide bonds. The molecule has 0 aliphatic carbocycles. The summed E-state index contributed by atoms with van der Waals surface area (Å²) in [5.74, 6) is 0.978. The molecule has 0 aliphatic rings. The Morgan fingerprint density at radius 3 is 2.69 bits per heavy atom. The van der Waals surface area contributed by atoms with Gasteiger partial charge in [0.2, 0.25) is 11.9 Å². The Labute approximate surface area is 151 Å². The number of hydrogen-bond donors (Lipinski definition) is 2. The van der Waals surface area contributed by atoms with Gasteiger partial charge in [0.05, 0.1) is 37.0 Å². The molecule has 7 nitrogen and oxygen atoms in total. The number of carbonyl (C=O) groups excluding carboxylic acids is 1. The lowest BCUT2D eigenvalue weighted by atomic mass is 10.2. The van der Waals surface area contributed by atoms with E-state index in [0.717, 1.165) is 16.7 Å². The molecule has 0 bridgehead atoms. The number of carbonyl (C=O) groups is 1. The normalized spacial score (nSPS) is 10.8. The average molecular weight is 354 g/mol. The smallest absolute Gasteiger partial charge is 0.240 e. The van der Waals surface area contributed by atoms with Crippen LogP contribution in [0.3, 0.4) is 0 Å². The third kappa shape index (κ3) is 3.84. The van der Waals surface area contributed by atoms with Crippen LogP contribution in [0.2, 0.25) is 0 Å². The lowest BCUT2D eigenvalue weighted by molar-refractivity contribution is -0.115. The lowest BCUT2D eigenvalue weighted by Gasteiger charge is -2.13. The first-order valence-corrected chi connectivity index (χ1v) is 8.35. The Bertz CT molecular complexity index is 891. The van der Waals surface area contributed by atoms with E-state index in [9.17, 15) is 4.79 Å². The zero-order chi connectivity index (χ0) is 18.4. The molecule has 0 saturated carbocycles. The number of imidazole rings is 1. The van der Waals surface area contributed by atoms with E-state index in [2.05, 4.69) is 15.6 Å². The number of nitrogens with zero attached hydrogens (tertiary/aromatic N) is 2. The van der Waals surface area contributed by atoms with Crippen molar-refractivity contribution in [1.82, 2.24) is 14.9 Å². The van der Waals surface area contributed by atoms with E-state index in [-0.39, 0.29) is 12.5 Å². The lowest BCUT2D eigenvalue weighted by Crippen LogP contribution is -2.31. The van der Waals surface area contributed by atoms with Crippen LogP contribution in [-0.4, -0.2) is 49.4 Å². The molecule has 2 N–H and O–H groups in total. The fourth-order valence-corrected chi connectivity index (χ4v) is 2.71. The van der Waals surface area contributed by atoms with Gasteiger partial charge in [-0.3, -0.25) is 14.7 Å². The topological polar surface area (TPSA) is 77.4 Å². The molecule has 0 fully saturated rings. The Morgan fingerprint density at radius 1 is 1.12 bits per heavy atom. The van der Waals surface area contributed by atoms with Gasteiger partial charge in [0.1, 0.15) is 5.75 Å². The van der Waals surface area contributed by atoms with Gasteiger partial charge in [-0.25, -0.2) is 4.98 Å². The summed E-state index contributed by atoms with van der Waals surface area (Å²) in [6.07, 6.45) is 0. The Kier molecular flexibility index (Phi) is 5.83. The standard InChI is InChI=1S/C19H22N4O3/c1-25-12-11-20-13-18(24)22-19-21-14-7-3-4-8-15(14)23(19)16-9-5-6-10-17(16)26-2/h3-10,20H,11-13H2,1-2H3,(H,21,22,24). The van der Waals surface area contributed by atoms with Gasteiger partial charge in [-0.2, -0.15) is 0 Å². The van der Waals surface area contributed by atoms with Crippen LogP contribution in [0, 0.1) is 0 Å². The zero-order valence-electron chi connectivity index (χ0n) is 14.9. The van der Waals surface area contributed by atoms with Gasteiger partial charge in [-0.15, -0.1) is 0 Å². The molecule has 0 unspecified atom stereocenters. The molecule has 1 aromatic heterocycles. The molecule has 0 saturated heterocycles. The van der Waals surface area contributed by atoms with Gasteiger partial charge in [-0.05, 0) is 24.3 Å². The van der Waals surface area contributed by atoms with Gasteiger partial charge in [-0.1, -0.05) is 24.3 Å². The third-order valence-electron chi connectivity index (χ3n) is 3.91. The van der Waals surface area contributed by atoms with Crippen molar-refractivity contribution >= 4 is 22.9 Å². The Morgan fingerprint density at radius 2 is 1.88 bits per heavy atom. The van der Waals surface area contributed by atoms with Crippen molar-refractivity contribution < 1.29 is 14.3 Å². The van der Waals surface area contributed by atoms with Gasteiger partial charge in [0, 0.05) is 13.7 Å². The molecule has 1 heterocycles. The maximum atomic E-state index is 12.3. The number of para-hydroxylation sites is 4. The van der Waals surface area contributed by atoms with Crippen molar-refractivity contribution in [3.63, 3.8) is 0 Å². The van der Waals surface area contributed by atoms with E-state index in [1.165, 1.54) is 0 Å². The molecule has 2 aromatic carbocycles. The van der Waals surface area contributed by atoms with Crippen molar-refractivity contribution in [2.75, 3.05) is 39.2 Å². The number of amides is 1. The molecule has 0 atom stereocenters. The maximum Gasteiger partial charge on any atom is 0.240 e. The molecule has 0 aliphatic heterocycles. The second-order valence-corrected chi connectivity index (χ2v) is 5.65. The van der Waals surface area contributed by atoms with E-state index in [1.54, 1.807) is 14.2 Å². The van der Waals surface area contributed by atoms with E-state index >= 15 is 0 Å². The van der Waals surface area contributed by atoms with Gasteiger partial charge in [0.15, 0.2) is 0 Å². The fourth-order valence-electron chi connectivity index (χ4n) is 2.71. The minimum Gasteiger partial charge on any atom is -0.495 e. The summed E-state index contributed by atoms with van der Waals surface area (Å²) >= 11 is 0. The number of nitrogens with one attached hydrogen (secondary N) is 2. The molecule has 0 radical (unpaired) electrons. The van der Waals surface area contributed by atoms with Crippen molar-refractivity contribution in [3.05, 3.63) is 48.5 Å². The van der Waals surface area contributed by atoms with Crippen LogP contribution in [0.5, 0.6) is 5.75 Å². The molecular formula is C19H22N4O3. The van der Waals surface area contributed by atoms with Crippen molar-refractivity contribution in [2.24, 2.45) is 0 Å². The monoisotopic (exact) mass is 354 g/mol. The van der Waals surface area contributed by atoms with Crippen molar-refractivity contribution in [2.45, 2.75) is 0 Å². The molecule has 26 heavy (non-hydrogen) atoms. The quantitative estimate of drug-likeness (QED) is 0.607. The first kappa shape index (κ1) is 17.9. The van der Waals surface area contributed by atoms with E-state index in [4.69, 9.17) is 9.47 Å². The minimum absolute atomic E-state index is 0.174. The molecule has 3 rings (SSSR count). The SMILES string of the molecule is COCCNCC(=O)Nc1nc2ccccc2n1-c1ccccc1OC. The first-order chi connectivity index (χ1) is 12.7. The van der Waals surface area contributed by atoms with Gasteiger partial charge in [0.25, 0.3) is 0 Å². The molecule has 136 valence electrons. The molecule has 3 aromatic rings. The zero-order valence-corrected chi connectivity index (χ0v) is 14.9. The predicted molar refractivity (Wildman–Crippen MR) is 101 cm³/mol. The van der Waals surface area contributed by atoms with E-state index in [1.807, 2.05) is 53.1 Å². The van der Waals surface area contributed by atoms with Crippen LogP contribution < -0.4 is 15.4 Å². The van der Waals surface area contributed by atoms with Gasteiger partial charge < -0.3 is 14.8 Å². The van der Waals surface area contributed by atoms with Crippen LogP contribution in [-0.2, 0) is 9.53 Å². The number of aromatic nitrogens is 2. The highest BCUT2D eigenvalue weighted by atomic mass is 16.5. The first-order valence-electron chi connectivity index (χ1n) is 8.35. The molecule has 0 spiro atoms. The highest BCUT2D eigenvalue weighted by Crippen LogP contribution is 2.30. The maximum absolute atomic E-state index is 12.3. The highest BCUT2D eigenvalue weighted by molar-refractivity contribution is 5.93. The summed E-state index contributed by atoms with van der Waals surface area (Å²) in [6.45, 7) is 1.33. The van der Waals surface area contributed by atoms with Crippen molar-refractivity contribution in [1.29, 1.82) is 0 Å². The highest BCUT2D eigenvalue weighted by Gasteiger charge is 2.17. The van der Waals surface area contributed by atoms with Crippen LogP contribution >= 0.6 is 0 Å². The summed E-state index contributed by atoms with van der Waals surface area (Å²) in [6, 6.07) is 15.4. The van der Waals surface area contributed by atoms with Gasteiger partial charge >= 0.3 is 0 Å². The Hall–Kier alpha value is -2.90. The summed E-state index contributed by atoms with van der Waals surface area (Å²) in [7, 11) is 3.24. The van der Waals surface area contributed by atoms with Crippen LogP contribution in [0.4, 0.5) is 5.95 Å². The number of benzene rings is 2. The summed E-state index contributed by atoms with van der Waals surface area (Å²) in [5.41, 5.74) is 2.49. The average Bonchev–Trinajstić information content (AvgIpc) is 3.02. The predicted octanol–water partition coefficient (Wildman–Crippen LogP) is 2.21. The van der Waals surface area contributed by atoms with Crippen molar-refractivity contribution in [3.8, 4) is 11.4 Å². The number of fused-ring (bicyclic) bond motifs is 1. The number of rotatable bonds is 8. The van der Waals surface area contributed by atoms with E-state index in [0.29, 0.717) is 24.8 Å². The minimum atomic E-state index is -0.174. The summed E-state index contributed by atoms with van der Waals surface area (Å²) in [4.78, 5) is 16.9. The van der Waals surface area contributed by atoms with Crippen LogP contribution in [0.15, 0.2) is 48.5 Å². The molecule has 7 heteroatoms. The second kappa shape index (κ2) is 8.46. The number of ether oxygens (including phenoxy) is 2. The summed E-state index contributed by atoms with van der Waals surface area (Å²) < 4.78 is 12.3. The van der Waals surface area contributed by atoms with Crippen LogP contribution in [0.1, 0.15) is 0 Å².